The van der Waals surface area contributed by atoms with E-state index in [4.69, 9.17) is 11.6 Å². The average molecular weight is 244 g/mol. The molecule has 1 rings (SSSR count). The number of anilines is 1. The van der Waals surface area contributed by atoms with Gasteiger partial charge in [-0.3, -0.25) is 0 Å². The highest BCUT2D eigenvalue weighted by Crippen LogP contribution is 2.18. The third-order valence-corrected chi connectivity index (χ3v) is 2.77. The fraction of sp³-hybridized carbons (Fsp3) is 0.636. The summed E-state index contributed by atoms with van der Waals surface area (Å²) in [4.78, 5) is 8.48. The molecular weight excluding hydrogens is 226 g/mol. The van der Waals surface area contributed by atoms with E-state index in [0.29, 0.717) is 23.9 Å². The Labute approximate surface area is 101 Å². The molecule has 16 heavy (non-hydrogen) atoms. The van der Waals surface area contributed by atoms with Crippen molar-refractivity contribution in [2.45, 2.75) is 39.7 Å². The first kappa shape index (κ1) is 13.2. The number of hydrogen-bond donors (Lipinski definition) is 2. The minimum Gasteiger partial charge on any atom is -0.393 e. The first-order valence-corrected chi connectivity index (χ1v) is 5.85. The minimum atomic E-state index is -0.272. The van der Waals surface area contributed by atoms with E-state index in [2.05, 4.69) is 15.3 Å². The van der Waals surface area contributed by atoms with Crippen LogP contribution in [0.15, 0.2) is 0 Å². The van der Waals surface area contributed by atoms with Gasteiger partial charge >= 0.3 is 0 Å². The molecule has 4 nitrogen and oxygen atoms in total. The molecule has 0 spiro atoms. The standard InChI is InChI=1S/C11H18ClN3O/c1-4-9(16)5-6-13-11-10(12)14-7(2)8(3)15-11/h9,16H,4-6H2,1-3H3,(H,13,15). The molecule has 0 aliphatic carbocycles. The highest BCUT2D eigenvalue weighted by atomic mass is 35.5. The van der Waals surface area contributed by atoms with Gasteiger partial charge in [-0.05, 0) is 26.7 Å². The largest absolute Gasteiger partial charge is 0.393 e. The molecular formula is C11H18ClN3O. The Kier molecular flexibility index (Phi) is 4.96. The topological polar surface area (TPSA) is 58.0 Å². The monoisotopic (exact) mass is 243 g/mol. The lowest BCUT2D eigenvalue weighted by Gasteiger charge is -2.11. The lowest BCUT2D eigenvalue weighted by atomic mass is 10.2. The molecule has 0 saturated carbocycles. The maximum Gasteiger partial charge on any atom is 0.171 e. The predicted octanol–water partition coefficient (Wildman–Crippen LogP) is 2.32. The third kappa shape index (κ3) is 3.61. The number of aliphatic hydroxyl groups is 1. The van der Waals surface area contributed by atoms with Gasteiger partial charge in [-0.15, -0.1) is 0 Å². The van der Waals surface area contributed by atoms with Crippen LogP contribution in [0.5, 0.6) is 0 Å². The second kappa shape index (κ2) is 6.01. The zero-order valence-corrected chi connectivity index (χ0v) is 10.7. The number of nitrogens with zero attached hydrogens (tertiary/aromatic N) is 2. The van der Waals surface area contributed by atoms with Crippen molar-refractivity contribution >= 4 is 17.4 Å². The smallest absolute Gasteiger partial charge is 0.171 e. The van der Waals surface area contributed by atoms with E-state index in [1.807, 2.05) is 20.8 Å². The van der Waals surface area contributed by atoms with Crippen molar-refractivity contribution < 1.29 is 5.11 Å². The molecule has 0 radical (unpaired) electrons. The molecule has 0 aliphatic heterocycles. The van der Waals surface area contributed by atoms with Crippen LogP contribution in [0.25, 0.3) is 0 Å². The van der Waals surface area contributed by atoms with Gasteiger partial charge in [0.15, 0.2) is 11.0 Å². The summed E-state index contributed by atoms with van der Waals surface area (Å²) in [5, 5.41) is 12.9. The van der Waals surface area contributed by atoms with Crippen LogP contribution < -0.4 is 5.32 Å². The minimum absolute atomic E-state index is 0.272. The number of rotatable bonds is 5. The number of aryl methyl sites for hydroxylation is 2. The number of halogens is 1. The quantitative estimate of drug-likeness (QED) is 0.833. The summed E-state index contributed by atoms with van der Waals surface area (Å²) in [6.07, 6.45) is 1.17. The second-order valence-electron chi connectivity index (χ2n) is 3.81. The van der Waals surface area contributed by atoms with E-state index in [0.717, 1.165) is 17.8 Å². The number of hydrogen-bond acceptors (Lipinski definition) is 4. The van der Waals surface area contributed by atoms with Gasteiger partial charge in [0, 0.05) is 6.54 Å². The lowest BCUT2D eigenvalue weighted by molar-refractivity contribution is 0.164. The van der Waals surface area contributed by atoms with E-state index in [9.17, 15) is 5.11 Å². The third-order valence-electron chi connectivity index (χ3n) is 2.51. The molecule has 1 aromatic rings. The van der Waals surface area contributed by atoms with Crippen LogP contribution in [-0.4, -0.2) is 27.7 Å². The van der Waals surface area contributed by atoms with Gasteiger partial charge in [0.05, 0.1) is 17.5 Å². The second-order valence-corrected chi connectivity index (χ2v) is 4.17. The normalized spacial score (nSPS) is 12.6. The van der Waals surface area contributed by atoms with Crippen molar-refractivity contribution in [2.24, 2.45) is 0 Å². The van der Waals surface area contributed by atoms with E-state index < -0.39 is 0 Å². The predicted molar refractivity (Wildman–Crippen MR) is 65.9 cm³/mol. The summed E-state index contributed by atoms with van der Waals surface area (Å²) in [5.41, 5.74) is 1.70. The van der Waals surface area contributed by atoms with Crippen molar-refractivity contribution in [2.75, 3.05) is 11.9 Å². The Morgan fingerprint density at radius 1 is 1.31 bits per heavy atom. The fourth-order valence-electron chi connectivity index (χ4n) is 1.25. The maximum atomic E-state index is 9.39. The molecule has 90 valence electrons. The van der Waals surface area contributed by atoms with Crippen molar-refractivity contribution in [3.05, 3.63) is 16.5 Å². The van der Waals surface area contributed by atoms with Crippen LogP contribution in [-0.2, 0) is 0 Å². The van der Waals surface area contributed by atoms with E-state index in [1.165, 1.54) is 0 Å². The van der Waals surface area contributed by atoms with Crippen LogP contribution >= 0.6 is 11.6 Å². The molecule has 0 aromatic carbocycles. The van der Waals surface area contributed by atoms with Crippen LogP contribution in [0.1, 0.15) is 31.2 Å². The highest BCUT2D eigenvalue weighted by molar-refractivity contribution is 6.31. The molecule has 5 heteroatoms. The first-order chi connectivity index (χ1) is 7.54. The van der Waals surface area contributed by atoms with Crippen LogP contribution in [0.2, 0.25) is 5.15 Å². The first-order valence-electron chi connectivity index (χ1n) is 5.47. The van der Waals surface area contributed by atoms with E-state index >= 15 is 0 Å². The van der Waals surface area contributed by atoms with Crippen molar-refractivity contribution in [3.63, 3.8) is 0 Å². The summed E-state index contributed by atoms with van der Waals surface area (Å²) in [6.45, 7) is 6.36. The molecule has 1 aromatic heterocycles. The van der Waals surface area contributed by atoms with Gasteiger partial charge in [0.1, 0.15) is 0 Å². The SMILES string of the molecule is CCC(O)CCNc1nc(C)c(C)nc1Cl. The maximum absolute atomic E-state index is 9.39. The fourth-order valence-corrected chi connectivity index (χ4v) is 1.49. The summed E-state index contributed by atoms with van der Waals surface area (Å²) in [6, 6.07) is 0. The van der Waals surface area contributed by atoms with Gasteiger partial charge in [0.25, 0.3) is 0 Å². The molecule has 1 heterocycles. The molecule has 0 fully saturated rings. The van der Waals surface area contributed by atoms with Gasteiger partial charge < -0.3 is 10.4 Å². The van der Waals surface area contributed by atoms with Crippen LogP contribution in [0.3, 0.4) is 0 Å². The molecule has 0 aliphatic rings. The highest BCUT2D eigenvalue weighted by Gasteiger charge is 2.07. The number of nitrogens with one attached hydrogen (secondary N) is 1. The number of aromatic nitrogens is 2. The molecule has 0 saturated heterocycles. The van der Waals surface area contributed by atoms with Gasteiger partial charge in [-0.25, -0.2) is 9.97 Å². The Morgan fingerprint density at radius 3 is 2.56 bits per heavy atom. The van der Waals surface area contributed by atoms with Crippen molar-refractivity contribution in [1.82, 2.24) is 9.97 Å². The zero-order chi connectivity index (χ0) is 12.1. The van der Waals surface area contributed by atoms with Crippen LogP contribution in [0, 0.1) is 13.8 Å². The number of aliphatic hydroxyl groups excluding tert-OH is 1. The summed E-state index contributed by atoms with van der Waals surface area (Å²) in [7, 11) is 0. The molecule has 0 amide bonds. The summed E-state index contributed by atoms with van der Waals surface area (Å²) >= 11 is 5.95. The Balaban J connectivity index is 2.57. The summed E-state index contributed by atoms with van der Waals surface area (Å²) < 4.78 is 0. The van der Waals surface area contributed by atoms with Gasteiger partial charge in [-0.2, -0.15) is 0 Å². The van der Waals surface area contributed by atoms with Gasteiger partial charge in [0.2, 0.25) is 0 Å². The molecule has 2 N–H and O–H groups in total. The van der Waals surface area contributed by atoms with Gasteiger partial charge in [-0.1, -0.05) is 18.5 Å². The zero-order valence-electron chi connectivity index (χ0n) is 9.92. The van der Waals surface area contributed by atoms with Crippen molar-refractivity contribution in [1.29, 1.82) is 0 Å². The van der Waals surface area contributed by atoms with E-state index in [1.54, 1.807) is 0 Å². The molecule has 1 atom stereocenters. The molecule has 1 unspecified atom stereocenters. The Bertz CT molecular complexity index is 357. The summed E-state index contributed by atoms with van der Waals surface area (Å²) in [5.74, 6) is 0.591. The Morgan fingerprint density at radius 2 is 1.94 bits per heavy atom. The average Bonchev–Trinajstić information content (AvgIpc) is 2.25. The molecule has 0 bridgehead atoms. The lowest BCUT2D eigenvalue weighted by Crippen LogP contribution is -2.13. The van der Waals surface area contributed by atoms with E-state index in [-0.39, 0.29) is 6.10 Å². The Hall–Kier alpha value is -0.870. The van der Waals surface area contributed by atoms with Crippen molar-refractivity contribution in [3.8, 4) is 0 Å². The van der Waals surface area contributed by atoms with Crippen LogP contribution in [0.4, 0.5) is 5.82 Å².